The number of piperidine rings is 2. The number of urea groups is 1. The molecule has 3 aliphatic rings. The summed E-state index contributed by atoms with van der Waals surface area (Å²) in [6.45, 7) is 3.35. The van der Waals surface area contributed by atoms with Gasteiger partial charge in [0.15, 0.2) is 0 Å². The Bertz CT molecular complexity index is 341. The summed E-state index contributed by atoms with van der Waals surface area (Å²) in [6, 6.07) is 0.215. The third kappa shape index (κ3) is 2.60. The first-order valence-electron chi connectivity index (χ1n) is 7.95. The topological polar surface area (TPSA) is 43.8 Å². The lowest BCUT2D eigenvalue weighted by Crippen LogP contribution is -2.57. The molecule has 3 fully saturated rings. The van der Waals surface area contributed by atoms with Gasteiger partial charge < -0.3 is 14.9 Å². The van der Waals surface area contributed by atoms with E-state index in [1.165, 1.54) is 12.8 Å². The molecule has 2 heterocycles. The molecule has 0 aromatic heterocycles. The maximum Gasteiger partial charge on any atom is 0.320 e. The molecule has 0 aromatic carbocycles. The quantitative estimate of drug-likeness (QED) is 0.730. The molecule has 2 atom stereocenters. The molecule has 3 rings (SSSR count). The van der Waals surface area contributed by atoms with E-state index in [2.05, 4.69) is 0 Å². The van der Waals surface area contributed by atoms with E-state index in [4.69, 9.17) is 0 Å². The fraction of sp³-hybridized carbons (Fsp3) is 0.933. The van der Waals surface area contributed by atoms with Crippen molar-refractivity contribution < 1.29 is 9.90 Å². The third-order valence-corrected chi connectivity index (χ3v) is 5.32. The van der Waals surface area contributed by atoms with Crippen molar-refractivity contribution in [2.45, 2.75) is 57.0 Å². The van der Waals surface area contributed by atoms with Gasteiger partial charge in [0.2, 0.25) is 0 Å². The van der Waals surface area contributed by atoms with Crippen LogP contribution < -0.4 is 0 Å². The Morgan fingerprint density at radius 1 is 0.947 bits per heavy atom. The van der Waals surface area contributed by atoms with Crippen LogP contribution in [0.25, 0.3) is 0 Å². The van der Waals surface area contributed by atoms with Crippen LogP contribution >= 0.6 is 0 Å². The van der Waals surface area contributed by atoms with Crippen LogP contribution in [-0.4, -0.2) is 52.7 Å². The number of hydrogen-bond acceptors (Lipinski definition) is 2. The standard InChI is InChI=1S/C15H26N2O2/c18-14(16-9-4-1-5-10-16)17-11-8-15(19)7-3-2-6-13(15)12-17/h13,19H,1-12H2. The molecule has 108 valence electrons. The number of carbonyl (C=O) groups is 1. The lowest BCUT2D eigenvalue weighted by molar-refractivity contribution is -0.0890. The minimum Gasteiger partial charge on any atom is -0.389 e. The van der Waals surface area contributed by atoms with Gasteiger partial charge in [-0.1, -0.05) is 12.8 Å². The summed E-state index contributed by atoms with van der Waals surface area (Å²) in [5, 5.41) is 10.6. The second kappa shape index (κ2) is 5.31. The van der Waals surface area contributed by atoms with E-state index in [0.717, 1.165) is 64.7 Å². The summed E-state index contributed by atoms with van der Waals surface area (Å²) < 4.78 is 0. The number of aliphatic hydroxyl groups is 1. The first kappa shape index (κ1) is 13.2. The molecule has 0 radical (unpaired) electrons. The largest absolute Gasteiger partial charge is 0.389 e. The number of fused-ring (bicyclic) bond motifs is 1. The van der Waals surface area contributed by atoms with Crippen molar-refractivity contribution in [3.63, 3.8) is 0 Å². The SMILES string of the molecule is O=C(N1CCCCC1)N1CCC2(O)CCCCC2C1. The highest BCUT2D eigenvalue weighted by Crippen LogP contribution is 2.40. The van der Waals surface area contributed by atoms with Gasteiger partial charge in [-0.25, -0.2) is 4.79 Å². The molecule has 19 heavy (non-hydrogen) atoms. The van der Waals surface area contributed by atoms with Crippen LogP contribution in [0.5, 0.6) is 0 Å². The first-order valence-corrected chi connectivity index (χ1v) is 7.95. The predicted molar refractivity (Wildman–Crippen MR) is 73.9 cm³/mol. The fourth-order valence-corrected chi connectivity index (χ4v) is 4.03. The lowest BCUT2D eigenvalue weighted by atomic mass is 9.71. The van der Waals surface area contributed by atoms with Gasteiger partial charge >= 0.3 is 6.03 Å². The minimum absolute atomic E-state index is 0.215. The van der Waals surface area contributed by atoms with Crippen molar-refractivity contribution in [3.05, 3.63) is 0 Å². The average Bonchev–Trinajstić information content (AvgIpc) is 2.46. The molecule has 2 aliphatic heterocycles. The number of rotatable bonds is 0. The molecule has 4 heteroatoms. The fourth-order valence-electron chi connectivity index (χ4n) is 4.03. The summed E-state index contributed by atoms with van der Waals surface area (Å²) in [4.78, 5) is 16.5. The molecule has 1 aliphatic carbocycles. The van der Waals surface area contributed by atoms with E-state index in [9.17, 15) is 9.90 Å². The van der Waals surface area contributed by atoms with Gasteiger partial charge in [0.25, 0.3) is 0 Å². The molecule has 1 saturated carbocycles. The first-order chi connectivity index (χ1) is 9.19. The maximum atomic E-state index is 12.5. The Kier molecular flexibility index (Phi) is 3.70. The highest BCUT2D eigenvalue weighted by Gasteiger charge is 2.44. The number of nitrogens with zero attached hydrogens (tertiary/aromatic N) is 2. The molecule has 2 amide bonds. The summed E-state index contributed by atoms with van der Waals surface area (Å²) >= 11 is 0. The number of carbonyl (C=O) groups excluding carboxylic acids is 1. The second-order valence-electron chi connectivity index (χ2n) is 6.57. The van der Waals surface area contributed by atoms with Crippen LogP contribution in [0, 0.1) is 5.92 Å². The van der Waals surface area contributed by atoms with Gasteiger partial charge in [-0.05, 0) is 38.5 Å². The van der Waals surface area contributed by atoms with Crippen LogP contribution in [0.1, 0.15) is 51.4 Å². The smallest absolute Gasteiger partial charge is 0.320 e. The van der Waals surface area contributed by atoms with Gasteiger partial charge in [-0.3, -0.25) is 0 Å². The highest BCUT2D eigenvalue weighted by molar-refractivity contribution is 5.74. The van der Waals surface area contributed by atoms with Crippen LogP contribution in [0.3, 0.4) is 0 Å². The molecule has 0 bridgehead atoms. The zero-order chi connectivity index (χ0) is 13.3. The Morgan fingerprint density at radius 3 is 2.53 bits per heavy atom. The average molecular weight is 266 g/mol. The monoisotopic (exact) mass is 266 g/mol. The molecule has 0 spiro atoms. The van der Waals surface area contributed by atoms with Gasteiger partial charge in [-0.15, -0.1) is 0 Å². The Balaban J connectivity index is 1.62. The molecule has 4 nitrogen and oxygen atoms in total. The van der Waals surface area contributed by atoms with E-state index in [1.807, 2.05) is 9.80 Å². The Labute approximate surface area is 115 Å². The lowest BCUT2D eigenvalue weighted by Gasteiger charge is -2.48. The second-order valence-corrected chi connectivity index (χ2v) is 6.57. The predicted octanol–water partition coefficient (Wildman–Crippen LogP) is 2.22. The Morgan fingerprint density at radius 2 is 1.74 bits per heavy atom. The summed E-state index contributed by atoms with van der Waals surface area (Å²) in [6.07, 6.45) is 8.69. The van der Waals surface area contributed by atoms with Gasteiger partial charge in [0, 0.05) is 32.1 Å². The van der Waals surface area contributed by atoms with E-state index < -0.39 is 5.60 Å². The molecule has 0 aromatic rings. The number of amides is 2. The number of likely N-dealkylation sites (tertiary alicyclic amines) is 2. The molecule has 1 N–H and O–H groups in total. The van der Waals surface area contributed by atoms with Crippen LogP contribution in [0.4, 0.5) is 4.79 Å². The van der Waals surface area contributed by atoms with Gasteiger partial charge in [-0.2, -0.15) is 0 Å². The summed E-state index contributed by atoms with van der Waals surface area (Å²) in [5.41, 5.74) is -0.475. The van der Waals surface area contributed by atoms with Gasteiger partial charge in [0.05, 0.1) is 5.60 Å². The maximum absolute atomic E-state index is 12.5. The molecule has 2 saturated heterocycles. The van der Waals surface area contributed by atoms with Crippen molar-refractivity contribution in [3.8, 4) is 0 Å². The van der Waals surface area contributed by atoms with E-state index in [0.29, 0.717) is 5.92 Å². The van der Waals surface area contributed by atoms with E-state index in [1.54, 1.807) is 0 Å². The van der Waals surface area contributed by atoms with Crippen LogP contribution in [-0.2, 0) is 0 Å². The molecular weight excluding hydrogens is 240 g/mol. The van der Waals surface area contributed by atoms with E-state index >= 15 is 0 Å². The summed E-state index contributed by atoms with van der Waals surface area (Å²) in [5.74, 6) is 0.309. The third-order valence-electron chi connectivity index (χ3n) is 5.32. The van der Waals surface area contributed by atoms with Crippen molar-refractivity contribution in [1.82, 2.24) is 9.80 Å². The molecular formula is C15H26N2O2. The van der Waals surface area contributed by atoms with Crippen molar-refractivity contribution in [2.75, 3.05) is 26.2 Å². The number of hydrogen-bond donors (Lipinski definition) is 1. The zero-order valence-corrected chi connectivity index (χ0v) is 11.8. The van der Waals surface area contributed by atoms with E-state index in [-0.39, 0.29) is 6.03 Å². The molecule has 2 unspecified atom stereocenters. The summed E-state index contributed by atoms with van der Waals surface area (Å²) in [7, 11) is 0. The normalized spacial score (nSPS) is 35.9. The zero-order valence-electron chi connectivity index (χ0n) is 11.8. The van der Waals surface area contributed by atoms with Crippen LogP contribution in [0.2, 0.25) is 0 Å². The Hall–Kier alpha value is -0.770. The van der Waals surface area contributed by atoms with Crippen molar-refractivity contribution >= 4 is 6.03 Å². The minimum atomic E-state index is -0.475. The van der Waals surface area contributed by atoms with Crippen LogP contribution in [0.15, 0.2) is 0 Å². The van der Waals surface area contributed by atoms with Gasteiger partial charge in [0.1, 0.15) is 0 Å². The highest BCUT2D eigenvalue weighted by atomic mass is 16.3. The van der Waals surface area contributed by atoms with Crippen molar-refractivity contribution in [1.29, 1.82) is 0 Å². The van der Waals surface area contributed by atoms with Crippen molar-refractivity contribution in [2.24, 2.45) is 5.92 Å².